The molecule has 136 valence electrons. The summed E-state index contributed by atoms with van der Waals surface area (Å²) in [5, 5.41) is 2.30. The van der Waals surface area contributed by atoms with Crippen molar-refractivity contribution in [2.75, 3.05) is 0 Å². The van der Waals surface area contributed by atoms with E-state index in [2.05, 4.69) is 4.98 Å². The Hall–Kier alpha value is -3.01. The van der Waals surface area contributed by atoms with Crippen molar-refractivity contribution >= 4 is 27.5 Å². The van der Waals surface area contributed by atoms with Crippen LogP contribution in [-0.2, 0) is 36.8 Å². The molecule has 0 aromatic carbocycles. The van der Waals surface area contributed by atoms with Gasteiger partial charge in [-0.2, -0.15) is 0 Å². The molecule has 0 amide bonds. The topological polar surface area (TPSA) is 105 Å². The van der Waals surface area contributed by atoms with E-state index in [1.165, 1.54) is 47.0 Å². The smallest absolute Gasteiger partial charge is 0.330 e. The zero-order chi connectivity index (χ0) is 18.8. The van der Waals surface area contributed by atoms with Gasteiger partial charge in [0.05, 0.1) is 23.8 Å². The van der Waals surface area contributed by atoms with Crippen molar-refractivity contribution in [3.63, 3.8) is 0 Å². The molecule has 3 heterocycles. The van der Waals surface area contributed by atoms with Gasteiger partial charge in [-0.15, -0.1) is 11.3 Å². The van der Waals surface area contributed by atoms with Crippen molar-refractivity contribution in [1.29, 1.82) is 0 Å². The normalized spacial score (nSPS) is 11.0. The zero-order valence-electron chi connectivity index (χ0n) is 14.2. The summed E-state index contributed by atoms with van der Waals surface area (Å²) in [4.78, 5) is 52.5. The molecule has 10 heteroatoms. The Labute approximate surface area is 150 Å². The van der Waals surface area contributed by atoms with Crippen molar-refractivity contribution in [3.05, 3.63) is 60.7 Å². The average Bonchev–Trinajstić information content (AvgIpc) is 3.11. The maximum Gasteiger partial charge on any atom is 0.330 e. The van der Waals surface area contributed by atoms with Crippen molar-refractivity contribution in [2.24, 2.45) is 14.1 Å². The summed E-state index contributed by atoms with van der Waals surface area (Å²) in [7, 11) is 2.86. The molecule has 0 spiro atoms. The first-order valence-electron chi connectivity index (χ1n) is 7.72. The summed E-state index contributed by atoms with van der Waals surface area (Å²) >= 11 is 1.37. The number of carbonyl (C=O) groups is 1. The third-order valence-electron chi connectivity index (χ3n) is 4.01. The van der Waals surface area contributed by atoms with Crippen LogP contribution in [0.2, 0.25) is 0 Å². The predicted molar refractivity (Wildman–Crippen MR) is 95.2 cm³/mol. The molecule has 0 saturated heterocycles. The molecule has 0 unspecified atom stereocenters. The van der Waals surface area contributed by atoms with Crippen LogP contribution in [0.4, 0.5) is 0 Å². The Bertz CT molecular complexity index is 1150. The van der Waals surface area contributed by atoms with Crippen LogP contribution in [0.15, 0.2) is 38.2 Å². The number of aryl methyl sites for hydroxylation is 1. The molecule has 0 aliphatic rings. The molecule has 0 saturated carbocycles. The molecule has 26 heavy (non-hydrogen) atoms. The third kappa shape index (κ3) is 3.36. The lowest BCUT2D eigenvalue weighted by Crippen LogP contribution is -2.38. The Morgan fingerprint density at radius 3 is 2.77 bits per heavy atom. The van der Waals surface area contributed by atoms with Crippen LogP contribution in [0, 0.1) is 0 Å². The first-order valence-corrected chi connectivity index (χ1v) is 8.60. The van der Waals surface area contributed by atoms with Crippen LogP contribution >= 0.6 is 11.3 Å². The molecule has 0 N–H and O–H groups in total. The minimum atomic E-state index is -0.546. The van der Waals surface area contributed by atoms with E-state index in [1.54, 1.807) is 11.4 Å². The van der Waals surface area contributed by atoms with Gasteiger partial charge in [-0.3, -0.25) is 28.1 Å². The van der Waals surface area contributed by atoms with Crippen LogP contribution < -0.4 is 16.8 Å². The number of hydrogen-bond donors (Lipinski definition) is 0. The van der Waals surface area contributed by atoms with Crippen LogP contribution in [0.25, 0.3) is 10.2 Å². The second-order valence-electron chi connectivity index (χ2n) is 5.67. The summed E-state index contributed by atoms with van der Waals surface area (Å²) in [6, 6.07) is 2.94. The van der Waals surface area contributed by atoms with Gasteiger partial charge in [-0.25, -0.2) is 9.78 Å². The van der Waals surface area contributed by atoms with Crippen LogP contribution in [0.1, 0.15) is 12.1 Å². The van der Waals surface area contributed by atoms with Gasteiger partial charge >= 0.3 is 11.7 Å². The average molecular weight is 376 g/mol. The van der Waals surface area contributed by atoms with Gasteiger partial charge < -0.3 is 4.74 Å². The zero-order valence-corrected chi connectivity index (χ0v) is 15.0. The van der Waals surface area contributed by atoms with Crippen molar-refractivity contribution in [3.8, 4) is 0 Å². The molecule has 9 nitrogen and oxygen atoms in total. The first-order chi connectivity index (χ1) is 12.4. The number of nitrogens with zero attached hydrogens (tertiary/aromatic N) is 4. The second-order valence-corrected chi connectivity index (χ2v) is 6.56. The number of esters is 1. The molecule has 0 fully saturated rings. The van der Waals surface area contributed by atoms with Gasteiger partial charge in [0, 0.05) is 26.7 Å². The van der Waals surface area contributed by atoms with Crippen LogP contribution in [0.3, 0.4) is 0 Å². The van der Waals surface area contributed by atoms with E-state index in [0.717, 1.165) is 4.57 Å². The number of carbonyl (C=O) groups excluding carboxylic acids is 1. The van der Waals surface area contributed by atoms with Crippen LogP contribution in [0.5, 0.6) is 0 Å². The highest BCUT2D eigenvalue weighted by molar-refractivity contribution is 7.16. The molecule has 0 bridgehead atoms. The van der Waals surface area contributed by atoms with E-state index in [9.17, 15) is 19.2 Å². The molecule has 0 aliphatic heterocycles. The van der Waals surface area contributed by atoms with E-state index >= 15 is 0 Å². The number of ether oxygens (including phenoxy) is 1. The van der Waals surface area contributed by atoms with E-state index in [-0.39, 0.29) is 25.1 Å². The van der Waals surface area contributed by atoms with Crippen molar-refractivity contribution < 1.29 is 9.53 Å². The highest BCUT2D eigenvalue weighted by atomic mass is 32.1. The maximum absolute atomic E-state index is 12.2. The standard InChI is InChI=1S/C16H16N4O5S/c1-18-10(7-12(21)19(2)16(18)24)8-25-13(22)3-5-20-9-17-14-11(15(20)23)4-6-26-14/h4,6-7,9H,3,5,8H2,1-2H3. The lowest BCUT2D eigenvalue weighted by atomic mass is 10.3. The SMILES string of the molecule is Cn1c(COC(=O)CCn2cnc3sccc3c2=O)cc(=O)n(C)c1=O. The summed E-state index contributed by atoms with van der Waals surface area (Å²) in [6.07, 6.45) is 1.37. The number of fused-ring (bicyclic) bond motifs is 1. The monoisotopic (exact) mass is 376 g/mol. The summed E-state index contributed by atoms with van der Waals surface area (Å²) in [6.45, 7) is -0.0662. The summed E-state index contributed by atoms with van der Waals surface area (Å²) in [5.41, 5.74) is -0.880. The molecular weight excluding hydrogens is 360 g/mol. The van der Waals surface area contributed by atoms with Gasteiger partial charge in [0.25, 0.3) is 11.1 Å². The molecule has 0 aliphatic carbocycles. The molecular formula is C16H16N4O5S. The Balaban J connectivity index is 1.64. The van der Waals surface area contributed by atoms with E-state index < -0.39 is 17.2 Å². The third-order valence-corrected chi connectivity index (χ3v) is 4.83. The van der Waals surface area contributed by atoms with Crippen LogP contribution in [-0.4, -0.2) is 24.7 Å². The van der Waals surface area contributed by atoms with Gasteiger partial charge in [-0.1, -0.05) is 0 Å². The highest BCUT2D eigenvalue weighted by Crippen LogP contribution is 2.13. The van der Waals surface area contributed by atoms with Crippen molar-refractivity contribution in [2.45, 2.75) is 19.6 Å². The molecule has 3 rings (SSSR count). The minimum Gasteiger partial charge on any atom is -0.459 e. The molecule has 3 aromatic heterocycles. The van der Waals surface area contributed by atoms with Gasteiger partial charge in [-0.05, 0) is 11.4 Å². The first kappa shape index (κ1) is 17.8. The highest BCUT2D eigenvalue weighted by Gasteiger charge is 2.11. The quantitative estimate of drug-likeness (QED) is 0.580. The fourth-order valence-corrected chi connectivity index (χ4v) is 3.13. The van der Waals surface area contributed by atoms with E-state index in [0.29, 0.717) is 15.9 Å². The Morgan fingerprint density at radius 1 is 1.23 bits per heavy atom. The van der Waals surface area contributed by atoms with Crippen molar-refractivity contribution in [1.82, 2.24) is 18.7 Å². The predicted octanol–water partition coefficient (Wildman–Crippen LogP) is -0.0111. The summed E-state index contributed by atoms with van der Waals surface area (Å²) in [5.74, 6) is -0.546. The maximum atomic E-state index is 12.2. The fraction of sp³-hybridized carbons (Fsp3) is 0.312. The minimum absolute atomic E-state index is 0.0317. The number of thiophene rings is 1. The summed E-state index contributed by atoms with van der Waals surface area (Å²) < 4.78 is 8.67. The largest absolute Gasteiger partial charge is 0.459 e. The lowest BCUT2D eigenvalue weighted by molar-refractivity contribution is -0.145. The van der Waals surface area contributed by atoms with Gasteiger partial charge in [0.1, 0.15) is 11.4 Å². The Kier molecular flexibility index (Phi) is 4.85. The molecule has 0 radical (unpaired) electrons. The lowest BCUT2D eigenvalue weighted by Gasteiger charge is -2.10. The number of aromatic nitrogens is 4. The van der Waals surface area contributed by atoms with Gasteiger partial charge in [0.15, 0.2) is 0 Å². The van der Waals surface area contributed by atoms with E-state index in [4.69, 9.17) is 4.74 Å². The van der Waals surface area contributed by atoms with E-state index in [1.807, 2.05) is 0 Å². The molecule has 0 atom stereocenters. The molecule has 3 aromatic rings. The number of rotatable bonds is 5. The fourth-order valence-electron chi connectivity index (χ4n) is 2.41. The second kappa shape index (κ2) is 7.08. The number of hydrogen-bond acceptors (Lipinski definition) is 7. The van der Waals surface area contributed by atoms with Gasteiger partial charge in [0.2, 0.25) is 0 Å². The Morgan fingerprint density at radius 2 is 2.00 bits per heavy atom.